The molecule has 1 aliphatic heterocycles. The minimum Gasteiger partial charge on any atom is -0.387 e. The first kappa shape index (κ1) is 24.0. The van der Waals surface area contributed by atoms with Gasteiger partial charge in [0.1, 0.15) is 29.4 Å². The molecule has 1 aliphatic rings. The SMILES string of the molecule is CCN(CC)CCSc1nn([C@@H]2O[C@H](COS(N)(=O)=O)[C@@H](O)[C@@H]2F)c2ncnc(N)c12. The summed E-state index contributed by atoms with van der Waals surface area (Å²) in [6.45, 7) is 6.15. The van der Waals surface area contributed by atoms with Gasteiger partial charge in [-0.15, -0.1) is 11.8 Å². The van der Waals surface area contributed by atoms with Crippen molar-refractivity contribution in [2.75, 3.05) is 37.7 Å². The van der Waals surface area contributed by atoms with Gasteiger partial charge in [0.15, 0.2) is 18.0 Å². The number of aliphatic hydroxyl groups is 1. The van der Waals surface area contributed by atoms with Gasteiger partial charge >= 0.3 is 10.3 Å². The molecule has 3 rings (SSSR count). The number of nitrogens with zero attached hydrogens (tertiary/aromatic N) is 5. The Morgan fingerprint density at radius 1 is 1.39 bits per heavy atom. The van der Waals surface area contributed by atoms with Crippen molar-refractivity contribution in [3.63, 3.8) is 0 Å². The van der Waals surface area contributed by atoms with Crippen LogP contribution in [-0.2, 0) is 19.2 Å². The van der Waals surface area contributed by atoms with Gasteiger partial charge in [-0.3, -0.25) is 4.18 Å². The van der Waals surface area contributed by atoms with Crippen LogP contribution < -0.4 is 10.9 Å². The van der Waals surface area contributed by atoms with Crippen LogP contribution in [0.1, 0.15) is 20.1 Å². The summed E-state index contributed by atoms with van der Waals surface area (Å²) in [6.07, 6.45) is -4.97. The summed E-state index contributed by atoms with van der Waals surface area (Å²) >= 11 is 1.42. The third kappa shape index (κ3) is 5.42. The van der Waals surface area contributed by atoms with Gasteiger partial charge < -0.3 is 20.5 Å². The Bertz CT molecular complexity index is 1000. The van der Waals surface area contributed by atoms with Gasteiger partial charge in [-0.05, 0) is 13.1 Å². The van der Waals surface area contributed by atoms with Crippen LogP contribution in [0.25, 0.3) is 11.0 Å². The molecular weight excluding hydrogens is 453 g/mol. The Balaban J connectivity index is 1.86. The highest BCUT2D eigenvalue weighted by Crippen LogP contribution is 2.37. The third-order valence-corrected chi connectivity index (χ3v) is 6.37. The summed E-state index contributed by atoms with van der Waals surface area (Å²) in [5, 5.41) is 20.3. The summed E-state index contributed by atoms with van der Waals surface area (Å²) in [4.78, 5) is 10.4. The van der Waals surface area contributed by atoms with Crippen LogP contribution in [-0.4, -0.2) is 88.5 Å². The second kappa shape index (κ2) is 9.89. The second-order valence-corrected chi connectivity index (χ2v) is 9.16. The highest BCUT2D eigenvalue weighted by atomic mass is 32.2. The zero-order chi connectivity index (χ0) is 22.8. The number of anilines is 1. The number of fused-ring (bicyclic) bond motifs is 1. The number of ether oxygens (including phenoxy) is 1. The molecule has 15 heteroatoms. The highest BCUT2D eigenvalue weighted by Gasteiger charge is 2.47. The van der Waals surface area contributed by atoms with Crippen LogP contribution in [0.4, 0.5) is 10.2 Å². The number of nitrogen functional groups attached to an aromatic ring is 1. The van der Waals surface area contributed by atoms with Crippen LogP contribution >= 0.6 is 11.8 Å². The standard InChI is InChI=1S/C16H26FN7O5S2/c1-3-23(4-2)5-6-30-15-10-13(18)20-8-21-14(10)24(22-15)16-11(17)12(25)9(29-16)7-28-31(19,26)27/h8-9,11-12,16,25H,3-7H2,1-2H3,(H2,18,20,21)(H2,19,26,27)/t9-,11+,12-,16-/m1/s1. The Labute approximate surface area is 183 Å². The fourth-order valence-corrected chi connectivity index (χ4v) is 4.61. The maximum atomic E-state index is 14.9. The van der Waals surface area contributed by atoms with E-state index in [0.717, 1.165) is 19.6 Å². The largest absolute Gasteiger partial charge is 0.387 e. The zero-order valence-electron chi connectivity index (χ0n) is 17.1. The molecule has 174 valence electrons. The average molecular weight is 480 g/mol. The molecule has 0 aromatic carbocycles. The second-order valence-electron chi connectivity index (χ2n) is 6.86. The van der Waals surface area contributed by atoms with Crippen LogP contribution in [0.2, 0.25) is 0 Å². The fourth-order valence-electron chi connectivity index (χ4n) is 3.25. The quantitative estimate of drug-likeness (QED) is 0.381. The van der Waals surface area contributed by atoms with Crippen molar-refractivity contribution in [3.05, 3.63) is 6.33 Å². The molecule has 0 aliphatic carbocycles. The molecule has 4 atom stereocenters. The predicted molar refractivity (Wildman–Crippen MR) is 112 cm³/mol. The summed E-state index contributed by atoms with van der Waals surface area (Å²) in [5.41, 5.74) is 6.27. The van der Waals surface area contributed by atoms with Gasteiger partial charge in [0, 0.05) is 12.3 Å². The lowest BCUT2D eigenvalue weighted by Gasteiger charge is -2.16. The Hall–Kier alpha value is -1.62. The van der Waals surface area contributed by atoms with E-state index in [9.17, 15) is 17.9 Å². The minimum atomic E-state index is -4.27. The lowest BCUT2D eigenvalue weighted by atomic mass is 10.1. The summed E-state index contributed by atoms with van der Waals surface area (Å²) in [6, 6.07) is 0. The molecule has 12 nitrogen and oxygen atoms in total. The number of aliphatic hydroxyl groups excluding tert-OH is 1. The van der Waals surface area contributed by atoms with Crippen LogP contribution in [0.5, 0.6) is 0 Å². The minimum absolute atomic E-state index is 0.185. The maximum absolute atomic E-state index is 14.9. The van der Waals surface area contributed by atoms with Crippen molar-refractivity contribution < 1.29 is 26.8 Å². The molecule has 0 saturated carbocycles. The number of hydrogen-bond donors (Lipinski definition) is 3. The molecule has 1 saturated heterocycles. The number of thioether (sulfide) groups is 1. The van der Waals surface area contributed by atoms with Gasteiger partial charge in [-0.2, -0.15) is 13.5 Å². The molecule has 0 radical (unpaired) electrons. The Morgan fingerprint density at radius 3 is 2.74 bits per heavy atom. The lowest BCUT2D eigenvalue weighted by Crippen LogP contribution is -2.33. The maximum Gasteiger partial charge on any atom is 0.333 e. The molecule has 0 bridgehead atoms. The van der Waals surface area contributed by atoms with Crippen LogP contribution in [0.15, 0.2) is 11.4 Å². The van der Waals surface area contributed by atoms with Gasteiger partial charge in [-0.25, -0.2) is 24.2 Å². The van der Waals surface area contributed by atoms with Crippen LogP contribution in [0, 0.1) is 0 Å². The van der Waals surface area contributed by atoms with Crippen LogP contribution in [0.3, 0.4) is 0 Å². The third-order valence-electron chi connectivity index (χ3n) is 4.96. The summed E-state index contributed by atoms with van der Waals surface area (Å²) in [5.74, 6) is 0.893. The van der Waals surface area contributed by atoms with Crippen molar-refractivity contribution in [1.29, 1.82) is 0 Å². The van der Waals surface area contributed by atoms with Gasteiger partial charge in [-0.1, -0.05) is 13.8 Å². The molecule has 2 aromatic rings. The Kier molecular flexibility index (Phi) is 7.67. The summed E-state index contributed by atoms with van der Waals surface area (Å²) in [7, 11) is -4.27. The first-order chi connectivity index (χ1) is 14.7. The molecule has 0 amide bonds. The van der Waals surface area contributed by atoms with Crippen molar-refractivity contribution in [3.8, 4) is 0 Å². The molecule has 2 aromatic heterocycles. The lowest BCUT2D eigenvalue weighted by molar-refractivity contribution is -0.0456. The topological polar surface area (TPSA) is 172 Å². The number of aromatic nitrogens is 4. The van der Waals surface area contributed by atoms with Crippen molar-refractivity contribution in [2.24, 2.45) is 5.14 Å². The van der Waals surface area contributed by atoms with E-state index in [1.165, 1.54) is 22.8 Å². The number of nitrogens with two attached hydrogens (primary N) is 2. The van der Waals surface area contributed by atoms with Crippen molar-refractivity contribution in [1.82, 2.24) is 24.6 Å². The van der Waals surface area contributed by atoms with E-state index in [2.05, 4.69) is 38.0 Å². The number of hydrogen-bond acceptors (Lipinski definition) is 11. The van der Waals surface area contributed by atoms with E-state index in [1.807, 2.05) is 0 Å². The van der Waals surface area contributed by atoms with E-state index in [0.29, 0.717) is 16.2 Å². The normalized spacial score (nSPS) is 24.5. The molecule has 0 unspecified atom stereocenters. The van der Waals surface area contributed by atoms with E-state index in [-0.39, 0.29) is 11.5 Å². The zero-order valence-corrected chi connectivity index (χ0v) is 18.7. The van der Waals surface area contributed by atoms with Gasteiger partial charge in [0.2, 0.25) is 0 Å². The molecule has 1 fully saturated rings. The molecular formula is C16H26FN7O5S2. The van der Waals surface area contributed by atoms with E-state index < -0.39 is 41.5 Å². The smallest absolute Gasteiger partial charge is 0.333 e. The molecule has 31 heavy (non-hydrogen) atoms. The van der Waals surface area contributed by atoms with E-state index in [1.54, 1.807) is 0 Å². The number of rotatable bonds is 10. The fraction of sp³-hybridized carbons (Fsp3) is 0.688. The number of alkyl halides is 1. The number of halogens is 1. The first-order valence-electron chi connectivity index (χ1n) is 9.64. The monoisotopic (exact) mass is 479 g/mol. The van der Waals surface area contributed by atoms with Crippen molar-refractivity contribution >= 4 is 38.9 Å². The highest BCUT2D eigenvalue weighted by molar-refractivity contribution is 7.99. The van der Waals surface area contributed by atoms with E-state index >= 15 is 0 Å². The van der Waals surface area contributed by atoms with Crippen molar-refractivity contribution in [2.45, 2.75) is 43.5 Å². The van der Waals surface area contributed by atoms with Gasteiger partial charge in [0.05, 0.1) is 12.0 Å². The molecule has 0 spiro atoms. The van der Waals surface area contributed by atoms with Gasteiger partial charge in [0.25, 0.3) is 0 Å². The average Bonchev–Trinajstić information content (AvgIpc) is 3.22. The molecule has 3 heterocycles. The predicted octanol–water partition coefficient (Wildman–Crippen LogP) is -0.341. The van der Waals surface area contributed by atoms with E-state index in [4.69, 9.17) is 15.6 Å². The summed E-state index contributed by atoms with van der Waals surface area (Å²) < 4.78 is 48.0. The molecule has 5 N–H and O–H groups in total. The Morgan fingerprint density at radius 2 is 2.10 bits per heavy atom. The first-order valence-corrected chi connectivity index (χ1v) is 12.1.